The Labute approximate surface area is 112 Å². The molecule has 0 aliphatic carbocycles. The Morgan fingerprint density at radius 3 is 2.95 bits per heavy atom. The van der Waals surface area contributed by atoms with E-state index in [2.05, 4.69) is 21.5 Å². The van der Waals surface area contributed by atoms with Gasteiger partial charge in [-0.2, -0.15) is 0 Å². The number of nitrogens with one attached hydrogen (secondary N) is 2. The SMILES string of the molecule is C#CCNC(=O)CN=C(N)Nc1ccccc1OC. The predicted octanol–water partition coefficient (Wildman–Crippen LogP) is 0.171. The lowest BCUT2D eigenvalue weighted by molar-refractivity contribution is -0.119. The number of benzene rings is 1. The maximum atomic E-state index is 11.3. The van der Waals surface area contributed by atoms with Crippen LogP contribution in [0.4, 0.5) is 5.69 Å². The summed E-state index contributed by atoms with van der Waals surface area (Å²) in [6.45, 7) is 0.0872. The fourth-order valence-electron chi connectivity index (χ4n) is 1.29. The highest BCUT2D eigenvalue weighted by atomic mass is 16.5. The molecule has 1 rings (SSSR count). The van der Waals surface area contributed by atoms with Gasteiger partial charge in [-0.15, -0.1) is 6.42 Å². The zero-order valence-corrected chi connectivity index (χ0v) is 10.6. The first-order chi connectivity index (χ1) is 9.17. The molecular weight excluding hydrogens is 244 g/mol. The first-order valence-corrected chi connectivity index (χ1v) is 5.57. The van der Waals surface area contributed by atoms with Gasteiger partial charge in [-0.05, 0) is 12.1 Å². The molecule has 100 valence electrons. The van der Waals surface area contributed by atoms with E-state index in [1.807, 2.05) is 12.1 Å². The molecule has 4 N–H and O–H groups in total. The van der Waals surface area contributed by atoms with Crippen molar-refractivity contribution < 1.29 is 9.53 Å². The molecular formula is C13H16N4O2. The van der Waals surface area contributed by atoms with Crippen molar-refractivity contribution in [3.63, 3.8) is 0 Å². The summed E-state index contributed by atoms with van der Waals surface area (Å²) in [5.74, 6) is 2.77. The summed E-state index contributed by atoms with van der Waals surface area (Å²) in [4.78, 5) is 15.2. The number of methoxy groups -OCH3 is 1. The van der Waals surface area contributed by atoms with Crippen LogP contribution in [0.25, 0.3) is 0 Å². The first kappa shape index (κ1) is 14.4. The monoisotopic (exact) mass is 260 g/mol. The van der Waals surface area contributed by atoms with Crippen molar-refractivity contribution in [2.75, 3.05) is 25.5 Å². The van der Waals surface area contributed by atoms with Gasteiger partial charge in [0.1, 0.15) is 12.3 Å². The predicted molar refractivity (Wildman–Crippen MR) is 74.9 cm³/mol. The summed E-state index contributed by atoms with van der Waals surface area (Å²) in [6.07, 6.45) is 5.02. The van der Waals surface area contributed by atoms with Crippen LogP contribution in [0.5, 0.6) is 5.75 Å². The maximum absolute atomic E-state index is 11.3. The van der Waals surface area contributed by atoms with Gasteiger partial charge in [-0.1, -0.05) is 18.1 Å². The first-order valence-electron chi connectivity index (χ1n) is 5.57. The van der Waals surface area contributed by atoms with Gasteiger partial charge in [0.2, 0.25) is 5.91 Å². The van der Waals surface area contributed by atoms with Crippen LogP contribution in [0.3, 0.4) is 0 Å². The number of amides is 1. The lowest BCUT2D eigenvalue weighted by Gasteiger charge is -2.09. The van der Waals surface area contributed by atoms with E-state index in [0.717, 1.165) is 0 Å². The second-order valence-electron chi connectivity index (χ2n) is 3.51. The molecule has 1 amide bonds. The van der Waals surface area contributed by atoms with Crippen molar-refractivity contribution in [3.8, 4) is 18.1 Å². The van der Waals surface area contributed by atoms with Gasteiger partial charge in [0, 0.05) is 0 Å². The second kappa shape index (κ2) is 7.61. The van der Waals surface area contributed by atoms with Crippen LogP contribution >= 0.6 is 0 Å². The van der Waals surface area contributed by atoms with Crippen LogP contribution in [-0.2, 0) is 4.79 Å². The smallest absolute Gasteiger partial charge is 0.242 e. The van der Waals surface area contributed by atoms with E-state index in [4.69, 9.17) is 16.9 Å². The molecule has 0 fully saturated rings. The number of anilines is 1. The molecule has 0 bridgehead atoms. The van der Waals surface area contributed by atoms with Gasteiger partial charge in [-0.25, -0.2) is 4.99 Å². The molecule has 0 heterocycles. The van der Waals surface area contributed by atoms with Crippen LogP contribution in [-0.4, -0.2) is 32.1 Å². The minimum Gasteiger partial charge on any atom is -0.495 e. The highest BCUT2D eigenvalue weighted by Gasteiger charge is 2.03. The standard InChI is InChI=1S/C13H16N4O2/c1-3-8-15-12(18)9-16-13(14)17-10-6-4-5-7-11(10)19-2/h1,4-7H,8-9H2,2H3,(H,15,18)(H3,14,16,17). The third-order valence-electron chi connectivity index (χ3n) is 2.15. The van der Waals surface area contributed by atoms with Gasteiger partial charge >= 0.3 is 0 Å². The Hall–Kier alpha value is -2.68. The average molecular weight is 260 g/mol. The van der Waals surface area contributed by atoms with Gasteiger partial charge in [0.25, 0.3) is 0 Å². The van der Waals surface area contributed by atoms with Crippen molar-refractivity contribution in [1.82, 2.24) is 5.32 Å². The Morgan fingerprint density at radius 2 is 2.26 bits per heavy atom. The number of aliphatic imine (C=N–C) groups is 1. The van der Waals surface area contributed by atoms with Gasteiger partial charge in [-0.3, -0.25) is 4.79 Å². The summed E-state index contributed by atoms with van der Waals surface area (Å²) in [5.41, 5.74) is 6.35. The Morgan fingerprint density at radius 1 is 1.53 bits per heavy atom. The number of hydrogen-bond acceptors (Lipinski definition) is 3. The number of ether oxygens (including phenoxy) is 1. The number of hydrogen-bond donors (Lipinski definition) is 3. The van der Waals surface area contributed by atoms with E-state index in [-0.39, 0.29) is 25.0 Å². The highest BCUT2D eigenvalue weighted by molar-refractivity contribution is 5.95. The number of carbonyl (C=O) groups is 1. The van der Waals surface area contributed by atoms with Crippen molar-refractivity contribution in [2.45, 2.75) is 0 Å². The normalized spacial score (nSPS) is 10.4. The summed E-state index contributed by atoms with van der Waals surface area (Å²) in [7, 11) is 1.56. The van der Waals surface area contributed by atoms with Gasteiger partial charge in [0.05, 0.1) is 19.3 Å². The molecule has 19 heavy (non-hydrogen) atoms. The molecule has 1 aromatic rings. The number of rotatable bonds is 5. The van der Waals surface area contributed by atoms with Crippen LogP contribution in [0.1, 0.15) is 0 Å². The Bertz CT molecular complexity index is 506. The van der Waals surface area contributed by atoms with Gasteiger partial charge in [0.15, 0.2) is 5.96 Å². The minimum absolute atomic E-state index is 0.0876. The molecule has 0 spiro atoms. The summed E-state index contributed by atoms with van der Waals surface area (Å²) in [6, 6.07) is 7.25. The van der Waals surface area contributed by atoms with Crippen molar-refractivity contribution in [1.29, 1.82) is 0 Å². The molecule has 0 saturated heterocycles. The molecule has 0 aliphatic heterocycles. The molecule has 6 heteroatoms. The van der Waals surface area contributed by atoms with Crippen LogP contribution in [0.2, 0.25) is 0 Å². The number of terminal acetylenes is 1. The van der Waals surface area contributed by atoms with Crippen molar-refractivity contribution in [3.05, 3.63) is 24.3 Å². The average Bonchev–Trinajstić information content (AvgIpc) is 2.43. The zero-order valence-electron chi connectivity index (χ0n) is 10.6. The van der Waals surface area contributed by atoms with E-state index in [9.17, 15) is 4.79 Å². The number of guanidine groups is 1. The van der Waals surface area contributed by atoms with Crippen LogP contribution in [0, 0.1) is 12.3 Å². The molecule has 0 radical (unpaired) electrons. The largest absolute Gasteiger partial charge is 0.495 e. The third kappa shape index (κ3) is 5.00. The Kier molecular flexibility index (Phi) is 5.76. The number of nitrogens with zero attached hydrogens (tertiary/aromatic N) is 1. The summed E-state index contributed by atoms with van der Waals surface area (Å²) < 4.78 is 5.15. The lowest BCUT2D eigenvalue weighted by Crippen LogP contribution is -2.29. The van der Waals surface area contributed by atoms with E-state index < -0.39 is 0 Å². The zero-order chi connectivity index (χ0) is 14.1. The summed E-state index contributed by atoms with van der Waals surface area (Å²) >= 11 is 0. The second-order valence-corrected chi connectivity index (χ2v) is 3.51. The highest BCUT2D eigenvalue weighted by Crippen LogP contribution is 2.22. The Balaban J connectivity index is 2.57. The molecule has 0 saturated carbocycles. The number of nitrogens with two attached hydrogens (primary N) is 1. The van der Waals surface area contributed by atoms with Crippen molar-refractivity contribution >= 4 is 17.6 Å². The fraction of sp³-hybridized carbons (Fsp3) is 0.231. The molecule has 6 nitrogen and oxygen atoms in total. The quantitative estimate of drug-likeness (QED) is 0.400. The van der Waals surface area contributed by atoms with E-state index in [0.29, 0.717) is 11.4 Å². The maximum Gasteiger partial charge on any atom is 0.242 e. The van der Waals surface area contributed by atoms with Gasteiger partial charge < -0.3 is 21.1 Å². The van der Waals surface area contributed by atoms with Crippen LogP contribution < -0.4 is 21.1 Å². The molecule has 0 atom stereocenters. The molecule has 0 aromatic heterocycles. The van der Waals surface area contributed by atoms with Crippen LogP contribution in [0.15, 0.2) is 29.3 Å². The van der Waals surface area contributed by atoms with E-state index in [1.165, 1.54) is 0 Å². The molecule has 0 aliphatic rings. The molecule has 0 unspecified atom stereocenters. The molecule has 1 aromatic carbocycles. The third-order valence-corrected chi connectivity index (χ3v) is 2.15. The topological polar surface area (TPSA) is 88.7 Å². The number of carbonyl (C=O) groups excluding carboxylic acids is 1. The fourth-order valence-corrected chi connectivity index (χ4v) is 1.29. The summed E-state index contributed by atoms with van der Waals surface area (Å²) in [5, 5.41) is 5.34. The number of para-hydroxylation sites is 2. The lowest BCUT2D eigenvalue weighted by atomic mass is 10.3. The van der Waals surface area contributed by atoms with E-state index >= 15 is 0 Å². The van der Waals surface area contributed by atoms with Crippen molar-refractivity contribution in [2.24, 2.45) is 10.7 Å². The van der Waals surface area contributed by atoms with E-state index in [1.54, 1.807) is 19.2 Å². The minimum atomic E-state index is -0.289.